The fourth-order valence-corrected chi connectivity index (χ4v) is 2.38. The van der Waals surface area contributed by atoms with E-state index in [1.54, 1.807) is 24.3 Å². The summed E-state index contributed by atoms with van der Waals surface area (Å²) in [4.78, 5) is 10.7. The van der Waals surface area contributed by atoms with Gasteiger partial charge in [-0.2, -0.15) is 5.26 Å². The van der Waals surface area contributed by atoms with Crippen molar-refractivity contribution >= 4 is 17.7 Å². The van der Waals surface area contributed by atoms with Gasteiger partial charge in [-0.25, -0.2) is 0 Å². The van der Waals surface area contributed by atoms with Gasteiger partial charge in [0.05, 0.1) is 17.4 Å². The molecule has 2 rings (SSSR count). The average Bonchev–Trinajstić information content (AvgIpc) is 2.88. The molecule has 7 heteroatoms. The molecular formula is C13H12N4O2S. The van der Waals surface area contributed by atoms with Crippen molar-refractivity contribution in [3.8, 4) is 11.8 Å². The molecule has 0 fully saturated rings. The Balaban J connectivity index is 2.39. The number of aromatic nitrogens is 3. The van der Waals surface area contributed by atoms with Crippen molar-refractivity contribution in [3.05, 3.63) is 35.7 Å². The van der Waals surface area contributed by atoms with E-state index in [1.165, 1.54) is 0 Å². The van der Waals surface area contributed by atoms with Gasteiger partial charge < -0.3 is 5.11 Å². The zero-order valence-corrected chi connectivity index (χ0v) is 11.6. The smallest absolute Gasteiger partial charge is 0.313 e. The van der Waals surface area contributed by atoms with Gasteiger partial charge in [0.1, 0.15) is 5.82 Å². The number of hydrogen-bond donors (Lipinski definition) is 1. The molecule has 0 saturated heterocycles. The second-order valence-corrected chi connectivity index (χ2v) is 4.87. The minimum atomic E-state index is -0.901. The standard InChI is InChI=1S/C13H12N4O2S/c1-2-11-15-16-13(20-8-12(18)19)17(11)10-5-3-9(7-14)4-6-10/h3-6H,2,8H2,1H3,(H,18,19). The summed E-state index contributed by atoms with van der Waals surface area (Å²) in [5, 5.41) is 26.2. The molecule has 0 radical (unpaired) electrons. The highest BCUT2D eigenvalue weighted by Crippen LogP contribution is 2.22. The Morgan fingerprint density at radius 2 is 2.10 bits per heavy atom. The lowest BCUT2D eigenvalue weighted by Gasteiger charge is -2.08. The van der Waals surface area contributed by atoms with E-state index in [0.29, 0.717) is 17.1 Å². The summed E-state index contributed by atoms with van der Waals surface area (Å²) >= 11 is 1.12. The Morgan fingerprint density at radius 1 is 1.40 bits per heavy atom. The van der Waals surface area contributed by atoms with Gasteiger partial charge in [-0.15, -0.1) is 10.2 Å². The van der Waals surface area contributed by atoms with E-state index in [2.05, 4.69) is 16.3 Å². The van der Waals surface area contributed by atoms with E-state index in [-0.39, 0.29) is 5.75 Å². The van der Waals surface area contributed by atoms with E-state index in [1.807, 2.05) is 11.5 Å². The summed E-state index contributed by atoms with van der Waals surface area (Å²) in [7, 11) is 0. The second-order valence-electron chi connectivity index (χ2n) is 3.93. The number of carboxylic acids is 1. The van der Waals surface area contributed by atoms with Crippen LogP contribution in [0.4, 0.5) is 0 Å². The van der Waals surface area contributed by atoms with Crippen molar-refractivity contribution in [2.75, 3.05) is 5.75 Å². The first-order valence-corrected chi connectivity index (χ1v) is 6.93. The lowest BCUT2D eigenvalue weighted by Crippen LogP contribution is -2.04. The summed E-state index contributed by atoms with van der Waals surface area (Å²) in [6, 6.07) is 9.07. The number of aliphatic carboxylic acids is 1. The van der Waals surface area contributed by atoms with Crippen LogP contribution < -0.4 is 0 Å². The Morgan fingerprint density at radius 3 is 2.65 bits per heavy atom. The van der Waals surface area contributed by atoms with Crippen LogP contribution in [0.25, 0.3) is 5.69 Å². The van der Waals surface area contributed by atoms with Crippen molar-refractivity contribution in [3.63, 3.8) is 0 Å². The van der Waals surface area contributed by atoms with Gasteiger partial charge in [0.25, 0.3) is 0 Å². The minimum Gasteiger partial charge on any atom is -0.481 e. The molecule has 0 aliphatic rings. The third-order valence-electron chi connectivity index (χ3n) is 2.60. The van der Waals surface area contributed by atoms with E-state index < -0.39 is 5.97 Å². The minimum absolute atomic E-state index is 0.0713. The number of thioether (sulfide) groups is 1. The molecule has 2 aromatic rings. The first-order chi connectivity index (χ1) is 9.65. The van der Waals surface area contributed by atoms with Gasteiger partial charge in [-0.05, 0) is 24.3 Å². The molecule has 0 unspecified atom stereocenters. The lowest BCUT2D eigenvalue weighted by atomic mass is 10.2. The predicted molar refractivity (Wildman–Crippen MR) is 73.8 cm³/mol. The molecule has 0 amide bonds. The van der Waals surface area contributed by atoms with Gasteiger partial charge in [-0.1, -0.05) is 18.7 Å². The second kappa shape index (κ2) is 6.21. The first-order valence-electron chi connectivity index (χ1n) is 5.95. The molecule has 1 N–H and O–H groups in total. The van der Waals surface area contributed by atoms with Gasteiger partial charge >= 0.3 is 5.97 Å². The highest BCUT2D eigenvalue weighted by atomic mass is 32.2. The monoisotopic (exact) mass is 288 g/mol. The molecule has 6 nitrogen and oxygen atoms in total. The molecule has 0 aliphatic heterocycles. The Hall–Kier alpha value is -2.33. The van der Waals surface area contributed by atoms with Crippen LogP contribution in [0.2, 0.25) is 0 Å². The van der Waals surface area contributed by atoms with Crippen molar-refractivity contribution in [1.82, 2.24) is 14.8 Å². The Labute approximate surface area is 120 Å². The zero-order valence-electron chi connectivity index (χ0n) is 10.8. The molecule has 0 atom stereocenters. The molecule has 0 bridgehead atoms. The van der Waals surface area contributed by atoms with Crippen molar-refractivity contribution < 1.29 is 9.90 Å². The van der Waals surface area contributed by atoms with Gasteiger partial charge in [-0.3, -0.25) is 9.36 Å². The van der Waals surface area contributed by atoms with E-state index in [0.717, 1.165) is 23.3 Å². The molecule has 102 valence electrons. The van der Waals surface area contributed by atoms with Gasteiger partial charge in [0.2, 0.25) is 0 Å². The van der Waals surface area contributed by atoms with E-state index in [9.17, 15) is 4.79 Å². The number of carboxylic acid groups (broad SMARTS) is 1. The number of aryl methyl sites for hydroxylation is 1. The highest BCUT2D eigenvalue weighted by molar-refractivity contribution is 7.99. The highest BCUT2D eigenvalue weighted by Gasteiger charge is 2.14. The van der Waals surface area contributed by atoms with E-state index in [4.69, 9.17) is 10.4 Å². The molecule has 1 aromatic carbocycles. The molecule has 1 aromatic heterocycles. The quantitative estimate of drug-likeness (QED) is 0.844. The predicted octanol–water partition coefficient (Wildman–Crippen LogP) is 1.88. The third-order valence-corrected chi connectivity index (χ3v) is 3.51. The SMILES string of the molecule is CCc1nnc(SCC(=O)O)n1-c1ccc(C#N)cc1. The summed E-state index contributed by atoms with van der Waals surface area (Å²) in [5.41, 5.74) is 1.39. The van der Waals surface area contributed by atoms with E-state index >= 15 is 0 Å². The molecule has 0 saturated carbocycles. The van der Waals surface area contributed by atoms with Crippen molar-refractivity contribution in [2.45, 2.75) is 18.5 Å². The van der Waals surface area contributed by atoms with Crippen LogP contribution in [0, 0.1) is 11.3 Å². The van der Waals surface area contributed by atoms with Crippen molar-refractivity contribution in [2.24, 2.45) is 0 Å². The summed E-state index contributed by atoms with van der Waals surface area (Å²) in [6.07, 6.45) is 0.681. The number of benzene rings is 1. The normalized spacial score (nSPS) is 10.2. The van der Waals surface area contributed by atoms with Crippen LogP contribution >= 0.6 is 11.8 Å². The number of carbonyl (C=O) groups is 1. The summed E-state index contributed by atoms with van der Waals surface area (Å²) in [6.45, 7) is 1.95. The fourth-order valence-electron chi connectivity index (χ4n) is 1.69. The van der Waals surface area contributed by atoms with Crippen LogP contribution in [-0.2, 0) is 11.2 Å². The summed E-state index contributed by atoms with van der Waals surface area (Å²) in [5.74, 6) is -0.219. The van der Waals surface area contributed by atoms with Crippen LogP contribution in [-0.4, -0.2) is 31.6 Å². The maximum Gasteiger partial charge on any atom is 0.313 e. The molecule has 0 spiro atoms. The molecule has 20 heavy (non-hydrogen) atoms. The maximum atomic E-state index is 10.7. The van der Waals surface area contributed by atoms with Gasteiger partial charge in [0.15, 0.2) is 5.16 Å². The van der Waals surface area contributed by atoms with Crippen LogP contribution in [0.15, 0.2) is 29.4 Å². The number of nitriles is 1. The molecular weight excluding hydrogens is 276 g/mol. The Kier molecular flexibility index (Phi) is 4.38. The number of rotatable bonds is 5. The van der Waals surface area contributed by atoms with Crippen LogP contribution in [0.5, 0.6) is 0 Å². The average molecular weight is 288 g/mol. The topological polar surface area (TPSA) is 91.8 Å². The van der Waals surface area contributed by atoms with Crippen LogP contribution in [0.1, 0.15) is 18.3 Å². The van der Waals surface area contributed by atoms with Crippen molar-refractivity contribution in [1.29, 1.82) is 5.26 Å². The number of hydrogen-bond acceptors (Lipinski definition) is 5. The molecule has 1 heterocycles. The zero-order chi connectivity index (χ0) is 14.5. The van der Waals surface area contributed by atoms with Gasteiger partial charge in [0, 0.05) is 12.1 Å². The summed E-state index contributed by atoms with van der Waals surface area (Å²) < 4.78 is 1.81. The van der Waals surface area contributed by atoms with Crippen LogP contribution in [0.3, 0.4) is 0 Å². The third kappa shape index (κ3) is 2.97. The molecule has 0 aliphatic carbocycles. The lowest BCUT2D eigenvalue weighted by molar-refractivity contribution is -0.133. The Bertz CT molecular complexity index is 658. The first kappa shape index (κ1) is 14.1. The largest absolute Gasteiger partial charge is 0.481 e. The number of nitrogens with zero attached hydrogens (tertiary/aromatic N) is 4. The maximum absolute atomic E-state index is 10.7. The fraction of sp³-hybridized carbons (Fsp3) is 0.231.